The second-order valence-corrected chi connectivity index (χ2v) is 11.6. The first-order valence-corrected chi connectivity index (χ1v) is 13.1. The molecule has 1 aliphatic carbocycles. The third kappa shape index (κ3) is 3.94. The van der Waals surface area contributed by atoms with Crippen molar-refractivity contribution in [2.24, 2.45) is 0 Å². The van der Waals surface area contributed by atoms with Gasteiger partial charge in [0.05, 0.1) is 0 Å². The lowest BCUT2D eigenvalue weighted by molar-refractivity contribution is 0.661. The zero-order chi connectivity index (χ0) is 25.1. The summed E-state index contributed by atoms with van der Waals surface area (Å²) in [6.45, 7) is 18.3. The molecule has 0 saturated heterocycles. The molecular formula is C35H38. The van der Waals surface area contributed by atoms with E-state index in [1.54, 1.807) is 0 Å². The molecule has 0 amide bonds. The second kappa shape index (κ2) is 8.52. The van der Waals surface area contributed by atoms with Gasteiger partial charge in [0.2, 0.25) is 0 Å². The van der Waals surface area contributed by atoms with Crippen LogP contribution in [0.15, 0.2) is 72.8 Å². The Hall–Kier alpha value is -3.12. The zero-order valence-corrected chi connectivity index (χ0v) is 22.6. The maximum absolute atomic E-state index is 2.44. The molecule has 0 unspecified atom stereocenters. The number of fused-ring (bicyclic) bond motifs is 3. The summed E-state index contributed by atoms with van der Waals surface area (Å²) in [6, 6.07) is 28.1. The average Bonchev–Trinajstić information content (AvgIpc) is 3.04. The minimum absolute atomic E-state index is 0.0335. The fourth-order valence-electron chi connectivity index (χ4n) is 5.81. The maximum atomic E-state index is 2.44. The lowest BCUT2D eigenvalue weighted by atomic mass is 9.80. The average molecular weight is 459 g/mol. The first-order chi connectivity index (χ1) is 16.6. The van der Waals surface area contributed by atoms with Gasteiger partial charge < -0.3 is 0 Å². The molecule has 0 saturated carbocycles. The quantitative estimate of drug-likeness (QED) is 0.285. The van der Waals surface area contributed by atoms with E-state index in [0.717, 1.165) is 0 Å². The Morgan fingerprint density at radius 3 is 1.20 bits per heavy atom. The van der Waals surface area contributed by atoms with Crippen molar-refractivity contribution in [3.8, 4) is 33.4 Å². The normalized spacial score (nSPS) is 13.9. The molecule has 0 fully saturated rings. The van der Waals surface area contributed by atoms with Gasteiger partial charge in [-0.05, 0) is 105 Å². The van der Waals surface area contributed by atoms with Crippen molar-refractivity contribution in [3.05, 3.63) is 106 Å². The number of hydrogen-bond donors (Lipinski definition) is 0. The van der Waals surface area contributed by atoms with E-state index in [-0.39, 0.29) is 5.41 Å². The third-order valence-corrected chi connectivity index (χ3v) is 8.13. The molecule has 1 aliphatic rings. The highest BCUT2D eigenvalue weighted by atomic mass is 14.4. The number of hydrogen-bond acceptors (Lipinski definition) is 0. The number of rotatable bonds is 4. The first-order valence-electron chi connectivity index (χ1n) is 13.1. The van der Waals surface area contributed by atoms with Gasteiger partial charge in [0.1, 0.15) is 0 Å². The maximum Gasteiger partial charge on any atom is 0.0159 e. The van der Waals surface area contributed by atoms with Crippen LogP contribution in [-0.2, 0) is 5.41 Å². The molecule has 0 radical (unpaired) electrons. The summed E-state index contributed by atoms with van der Waals surface area (Å²) in [5, 5.41) is 0. The van der Waals surface area contributed by atoms with E-state index < -0.39 is 0 Å². The van der Waals surface area contributed by atoms with Crippen LogP contribution in [0.1, 0.15) is 86.8 Å². The molecule has 0 heteroatoms. The van der Waals surface area contributed by atoms with Crippen LogP contribution in [0.5, 0.6) is 0 Å². The molecule has 5 rings (SSSR count). The smallest absolute Gasteiger partial charge is 0.0159 e. The van der Waals surface area contributed by atoms with E-state index in [4.69, 9.17) is 0 Å². The number of aryl methyl sites for hydroxylation is 2. The van der Waals surface area contributed by atoms with Crippen LogP contribution >= 0.6 is 0 Å². The fraction of sp³-hybridized carbons (Fsp3) is 0.314. The van der Waals surface area contributed by atoms with Gasteiger partial charge in [-0.3, -0.25) is 0 Å². The molecule has 0 aliphatic heterocycles. The topological polar surface area (TPSA) is 0 Å². The largest absolute Gasteiger partial charge is 0.0587 e. The first kappa shape index (κ1) is 23.6. The minimum atomic E-state index is -0.0335. The van der Waals surface area contributed by atoms with Crippen molar-refractivity contribution < 1.29 is 0 Å². The van der Waals surface area contributed by atoms with Crippen LogP contribution in [0.4, 0.5) is 0 Å². The second-order valence-electron chi connectivity index (χ2n) is 11.6. The molecule has 0 bridgehead atoms. The van der Waals surface area contributed by atoms with Crippen LogP contribution in [-0.4, -0.2) is 0 Å². The van der Waals surface area contributed by atoms with Gasteiger partial charge in [-0.2, -0.15) is 0 Å². The van der Waals surface area contributed by atoms with Crippen LogP contribution in [0, 0.1) is 13.8 Å². The van der Waals surface area contributed by atoms with Gasteiger partial charge in [-0.25, -0.2) is 0 Å². The number of benzene rings is 4. The molecule has 0 N–H and O–H groups in total. The molecule has 0 spiro atoms. The Kier molecular flexibility index (Phi) is 5.75. The van der Waals surface area contributed by atoms with Gasteiger partial charge in [-0.1, -0.05) is 102 Å². The van der Waals surface area contributed by atoms with Crippen molar-refractivity contribution in [1.29, 1.82) is 0 Å². The predicted octanol–water partition coefficient (Wildman–Crippen LogP) is 10.2. The Balaban J connectivity index is 1.57. The summed E-state index contributed by atoms with van der Waals surface area (Å²) in [4.78, 5) is 0. The van der Waals surface area contributed by atoms with E-state index in [1.807, 2.05) is 0 Å². The highest BCUT2D eigenvalue weighted by molar-refractivity contribution is 5.86. The molecule has 35 heavy (non-hydrogen) atoms. The van der Waals surface area contributed by atoms with Crippen molar-refractivity contribution >= 4 is 0 Å². The standard InChI is InChI=1S/C35H38/c1-21(2)25-9-13-29(23(5)17-25)27-11-15-31-32-16-12-28(20-34(32)35(7,8)33(31)19-27)30-14-10-26(22(3)4)18-24(30)6/h9-22H,1-8H3. The lowest BCUT2D eigenvalue weighted by Crippen LogP contribution is -2.15. The Bertz CT molecular complexity index is 1320. The van der Waals surface area contributed by atoms with Gasteiger partial charge in [0, 0.05) is 5.41 Å². The third-order valence-electron chi connectivity index (χ3n) is 8.13. The molecule has 4 aromatic carbocycles. The van der Waals surface area contributed by atoms with Gasteiger partial charge in [0.15, 0.2) is 0 Å². The minimum Gasteiger partial charge on any atom is -0.0587 e. The highest BCUT2D eigenvalue weighted by Crippen LogP contribution is 2.51. The van der Waals surface area contributed by atoms with E-state index in [2.05, 4.69) is 128 Å². The van der Waals surface area contributed by atoms with Crippen LogP contribution < -0.4 is 0 Å². The summed E-state index contributed by atoms with van der Waals surface area (Å²) < 4.78 is 0. The van der Waals surface area contributed by atoms with Crippen LogP contribution in [0.2, 0.25) is 0 Å². The fourth-order valence-corrected chi connectivity index (χ4v) is 5.81. The molecule has 178 valence electrons. The Morgan fingerprint density at radius 2 is 0.857 bits per heavy atom. The highest BCUT2D eigenvalue weighted by Gasteiger charge is 2.36. The molecular weight excluding hydrogens is 420 g/mol. The van der Waals surface area contributed by atoms with E-state index in [0.29, 0.717) is 11.8 Å². The molecule has 0 aromatic heterocycles. The van der Waals surface area contributed by atoms with Gasteiger partial charge in [0.25, 0.3) is 0 Å². The zero-order valence-electron chi connectivity index (χ0n) is 22.6. The van der Waals surface area contributed by atoms with E-state index >= 15 is 0 Å². The van der Waals surface area contributed by atoms with Crippen molar-refractivity contribution in [3.63, 3.8) is 0 Å². The summed E-state index contributed by atoms with van der Waals surface area (Å²) in [6.07, 6.45) is 0. The predicted molar refractivity (Wildman–Crippen MR) is 153 cm³/mol. The SMILES string of the molecule is Cc1cc(C(C)C)ccc1-c1ccc2c(c1)C(C)(C)c1cc(-c3ccc(C(C)C)cc3C)ccc1-2. The molecule has 0 heterocycles. The monoisotopic (exact) mass is 458 g/mol. The Labute approximate surface area is 212 Å². The summed E-state index contributed by atoms with van der Waals surface area (Å²) in [5.41, 5.74) is 16.4. The molecule has 0 nitrogen and oxygen atoms in total. The lowest BCUT2D eigenvalue weighted by Gasteiger charge is -2.23. The van der Waals surface area contributed by atoms with Gasteiger partial charge in [-0.15, -0.1) is 0 Å². The summed E-state index contributed by atoms with van der Waals surface area (Å²) in [7, 11) is 0. The molecule has 4 aromatic rings. The summed E-state index contributed by atoms with van der Waals surface area (Å²) >= 11 is 0. The molecule has 0 atom stereocenters. The Morgan fingerprint density at radius 1 is 0.486 bits per heavy atom. The van der Waals surface area contributed by atoms with Crippen molar-refractivity contribution in [1.82, 2.24) is 0 Å². The van der Waals surface area contributed by atoms with E-state index in [9.17, 15) is 0 Å². The van der Waals surface area contributed by atoms with Crippen LogP contribution in [0.3, 0.4) is 0 Å². The van der Waals surface area contributed by atoms with Crippen molar-refractivity contribution in [2.75, 3.05) is 0 Å². The summed E-state index contributed by atoms with van der Waals surface area (Å²) in [5.74, 6) is 1.10. The van der Waals surface area contributed by atoms with E-state index in [1.165, 1.54) is 66.8 Å². The van der Waals surface area contributed by atoms with Gasteiger partial charge >= 0.3 is 0 Å². The van der Waals surface area contributed by atoms with Crippen molar-refractivity contribution in [2.45, 2.75) is 72.6 Å². The van der Waals surface area contributed by atoms with Crippen LogP contribution in [0.25, 0.3) is 33.4 Å².